The van der Waals surface area contributed by atoms with E-state index in [1.807, 2.05) is 55.5 Å². The van der Waals surface area contributed by atoms with Gasteiger partial charge in [-0.15, -0.1) is 0 Å². The summed E-state index contributed by atoms with van der Waals surface area (Å²) in [5.41, 5.74) is 2.07. The normalized spacial score (nSPS) is 12.4. The topological polar surface area (TPSA) is 75.1 Å². The van der Waals surface area contributed by atoms with Gasteiger partial charge in [-0.05, 0) is 24.6 Å². The highest BCUT2D eigenvalue weighted by atomic mass is 16.5. The minimum atomic E-state index is -0.494. The molecular formula is C21H29N3O3. The molecule has 0 aliphatic heterocycles. The average Bonchev–Trinajstić information content (AvgIpc) is 2.70. The van der Waals surface area contributed by atoms with Crippen LogP contribution < -0.4 is 20.1 Å². The molecule has 0 saturated heterocycles. The lowest BCUT2D eigenvalue weighted by atomic mass is 10.1. The molecule has 0 aliphatic carbocycles. The molecule has 2 aromatic rings. The second-order valence-corrected chi connectivity index (χ2v) is 6.10. The molecular weight excluding hydrogens is 342 g/mol. The quantitative estimate of drug-likeness (QED) is 0.466. The van der Waals surface area contributed by atoms with Crippen molar-refractivity contribution < 1.29 is 14.6 Å². The van der Waals surface area contributed by atoms with Crippen LogP contribution in [0.2, 0.25) is 0 Å². The Kier molecular flexibility index (Phi) is 8.45. The molecule has 3 N–H and O–H groups in total. The lowest BCUT2D eigenvalue weighted by Gasteiger charge is -2.16. The monoisotopic (exact) mass is 371 g/mol. The van der Waals surface area contributed by atoms with E-state index in [1.165, 1.54) is 0 Å². The van der Waals surface area contributed by atoms with Crippen molar-refractivity contribution in [2.24, 2.45) is 4.99 Å². The number of hydrogen-bond acceptors (Lipinski definition) is 4. The second-order valence-electron chi connectivity index (χ2n) is 6.10. The van der Waals surface area contributed by atoms with E-state index in [2.05, 4.69) is 15.6 Å². The van der Waals surface area contributed by atoms with Crippen molar-refractivity contribution in [3.8, 4) is 11.5 Å². The largest absolute Gasteiger partial charge is 0.497 e. The van der Waals surface area contributed by atoms with Crippen molar-refractivity contribution in [3.05, 3.63) is 59.7 Å². The van der Waals surface area contributed by atoms with Crippen LogP contribution in [0.1, 0.15) is 18.1 Å². The van der Waals surface area contributed by atoms with Crippen molar-refractivity contribution in [3.63, 3.8) is 0 Å². The number of aliphatic hydroxyl groups excluding tert-OH is 1. The number of rotatable bonds is 9. The summed E-state index contributed by atoms with van der Waals surface area (Å²) in [7, 11) is 3.26. The highest BCUT2D eigenvalue weighted by molar-refractivity contribution is 5.79. The average molecular weight is 371 g/mol. The molecule has 0 heterocycles. The number of guanidine groups is 1. The van der Waals surface area contributed by atoms with E-state index >= 15 is 0 Å². The van der Waals surface area contributed by atoms with E-state index in [-0.39, 0.29) is 0 Å². The van der Waals surface area contributed by atoms with E-state index in [0.717, 1.165) is 29.2 Å². The molecule has 6 nitrogen and oxygen atoms in total. The lowest BCUT2D eigenvalue weighted by Crippen LogP contribution is -2.41. The van der Waals surface area contributed by atoms with Crippen LogP contribution in [0.5, 0.6) is 11.5 Å². The zero-order chi connectivity index (χ0) is 19.5. The molecule has 1 unspecified atom stereocenters. The number of hydrogen-bond donors (Lipinski definition) is 3. The van der Waals surface area contributed by atoms with Gasteiger partial charge in [-0.1, -0.05) is 30.3 Å². The summed E-state index contributed by atoms with van der Waals surface area (Å²) in [5.74, 6) is 2.13. The SMILES string of the molecule is CCNC(=NCc1ccc(OC)cc1OC)NCC(O)Cc1ccccc1. The number of benzene rings is 2. The Bertz CT molecular complexity index is 720. The minimum absolute atomic E-state index is 0.417. The van der Waals surface area contributed by atoms with Crippen LogP contribution in [0, 0.1) is 0 Å². The Morgan fingerprint density at radius 3 is 2.52 bits per heavy atom. The third-order valence-electron chi connectivity index (χ3n) is 4.07. The molecule has 0 amide bonds. The summed E-state index contributed by atoms with van der Waals surface area (Å²) in [5, 5.41) is 16.7. The zero-order valence-corrected chi connectivity index (χ0v) is 16.2. The first-order valence-corrected chi connectivity index (χ1v) is 9.11. The van der Waals surface area contributed by atoms with Gasteiger partial charge >= 0.3 is 0 Å². The molecule has 0 spiro atoms. The highest BCUT2D eigenvalue weighted by Crippen LogP contribution is 2.25. The van der Waals surface area contributed by atoms with Gasteiger partial charge in [-0.2, -0.15) is 0 Å². The molecule has 0 fully saturated rings. The molecule has 0 aliphatic rings. The number of ether oxygens (including phenoxy) is 2. The lowest BCUT2D eigenvalue weighted by molar-refractivity contribution is 0.177. The summed E-state index contributed by atoms with van der Waals surface area (Å²) in [4.78, 5) is 4.59. The number of aliphatic imine (C=N–C) groups is 1. The van der Waals surface area contributed by atoms with Crippen molar-refractivity contribution in [1.29, 1.82) is 0 Å². The molecule has 146 valence electrons. The molecule has 1 atom stereocenters. The summed E-state index contributed by atoms with van der Waals surface area (Å²) >= 11 is 0. The number of methoxy groups -OCH3 is 2. The van der Waals surface area contributed by atoms with Gasteiger partial charge < -0.3 is 25.2 Å². The van der Waals surface area contributed by atoms with Crippen LogP contribution in [0.25, 0.3) is 0 Å². The Labute approximate surface area is 161 Å². The van der Waals surface area contributed by atoms with Crippen molar-refractivity contribution >= 4 is 5.96 Å². The van der Waals surface area contributed by atoms with Crippen LogP contribution >= 0.6 is 0 Å². The number of aliphatic hydroxyl groups is 1. The minimum Gasteiger partial charge on any atom is -0.497 e. The molecule has 2 aromatic carbocycles. The fourth-order valence-electron chi connectivity index (χ4n) is 2.66. The van der Waals surface area contributed by atoms with Crippen molar-refractivity contribution in [2.75, 3.05) is 27.3 Å². The summed E-state index contributed by atoms with van der Waals surface area (Å²) in [6.07, 6.45) is 0.103. The molecule has 27 heavy (non-hydrogen) atoms. The first-order valence-electron chi connectivity index (χ1n) is 9.11. The molecule has 2 rings (SSSR count). The van der Waals surface area contributed by atoms with E-state index in [0.29, 0.717) is 25.5 Å². The first kappa shape index (κ1) is 20.6. The third kappa shape index (κ3) is 6.83. The summed E-state index contributed by atoms with van der Waals surface area (Å²) in [6.45, 7) is 3.61. The smallest absolute Gasteiger partial charge is 0.191 e. The van der Waals surface area contributed by atoms with Gasteiger partial charge in [0.1, 0.15) is 11.5 Å². The maximum atomic E-state index is 10.3. The summed E-state index contributed by atoms with van der Waals surface area (Å²) < 4.78 is 10.6. The molecule has 0 aromatic heterocycles. The Hall–Kier alpha value is -2.73. The predicted octanol–water partition coefficient (Wildman–Crippen LogP) is 2.36. The van der Waals surface area contributed by atoms with Crippen LogP contribution in [0.4, 0.5) is 0 Å². The van der Waals surface area contributed by atoms with E-state index in [1.54, 1.807) is 14.2 Å². The molecule has 0 bridgehead atoms. The van der Waals surface area contributed by atoms with Gasteiger partial charge in [0, 0.05) is 31.1 Å². The van der Waals surface area contributed by atoms with Gasteiger partial charge in [-0.25, -0.2) is 4.99 Å². The van der Waals surface area contributed by atoms with Crippen LogP contribution in [0.3, 0.4) is 0 Å². The maximum absolute atomic E-state index is 10.3. The van der Waals surface area contributed by atoms with Crippen LogP contribution in [-0.4, -0.2) is 44.5 Å². The standard InChI is InChI=1S/C21H29N3O3/c1-4-22-21(24-15-18(25)12-16-8-6-5-7-9-16)23-14-17-10-11-19(26-2)13-20(17)27-3/h5-11,13,18,25H,4,12,14-15H2,1-3H3,(H2,22,23,24). The second kappa shape index (κ2) is 11.1. The van der Waals surface area contributed by atoms with Crippen molar-refractivity contribution in [1.82, 2.24) is 10.6 Å². The Balaban J connectivity index is 1.95. The highest BCUT2D eigenvalue weighted by Gasteiger charge is 2.08. The zero-order valence-electron chi connectivity index (χ0n) is 16.2. The number of nitrogens with zero attached hydrogens (tertiary/aromatic N) is 1. The Morgan fingerprint density at radius 1 is 1.07 bits per heavy atom. The van der Waals surface area contributed by atoms with Crippen molar-refractivity contribution in [2.45, 2.75) is 26.0 Å². The molecule has 6 heteroatoms. The predicted molar refractivity (Wildman–Crippen MR) is 109 cm³/mol. The van der Waals surface area contributed by atoms with Crippen LogP contribution in [-0.2, 0) is 13.0 Å². The van der Waals surface area contributed by atoms with E-state index < -0.39 is 6.10 Å². The van der Waals surface area contributed by atoms with Gasteiger partial charge in [0.15, 0.2) is 5.96 Å². The fraction of sp³-hybridized carbons (Fsp3) is 0.381. The van der Waals surface area contributed by atoms with Crippen LogP contribution in [0.15, 0.2) is 53.5 Å². The fourth-order valence-corrected chi connectivity index (χ4v) is 2.66. The Morgan fingerprint density at radius 2 is 1.85 bits per heavy atom. The third-order valence-corrected chi connectivity index (χ3v) is 4.07. The summed E-state index contributed by atoms with van der Waals surface area (Å²) in [6, 6.07) is 15.6. The van der Waals surface area contributed by atoms with E-state index in [9.17, 15) is 5.11 Å². The van der Waals surface area contributed by atoms with Gasteiger partial charge in [0.25, 0.3) is 0 Å². The first-order chi connectivity index (χ1) is 13.2. The molecule has 0 radical (unpaired) electrons. The van der Waals surface area contributed by atoms with Gasteiger partial charge in [0.05, 0.1) is 26.9 Å². The maximum Gasteiger partial charge on any atom is 0.191 e. The van der Waals surface area contributed by atoms with E-state index in [4.69, 9.17) is 9.47 Å². The van der Waals surface area contributed by atoms with Gasteiger partial charge in [-0.3, -0.25) is 0 Å². The van der Waals surface area contributed by atoms with Gasteiger partial charge in [0.2, 0.25) is 0 Å². The molecule has 0 saturated carbocycles. The number of nitrogens with one attached hydrogen (secondary N) is 2.